The van der Waals surface area contributed by atoms with Crippen LogP contribution in [0.4, 0.5) is 5.82 Å². The molecule has 9 nitrogen and oxygen atoms in total. The molecule has 1 N–H and O–H groups in total. The quantitative estimate of drug-likeness (QED) is 0.213. The molecule has 41 heavy (non-hydrogen) atoms. The van der Waals surface area contributed by atoms with Gasteiger partial charge in [0.25, 0.3) is 0 Å². The summed E-state index contributed by atoms with van der Waals surface area (Å²) in [7, 11) is 0. The highest BCUT2D eigenvalue weighted by molar-refractivity contribution is 9.10. The summed E-state index contributed by atoms with van der Waals surface area (Å²) in [6.07, 6.45) is 6.01. The molecule has 0 radical (unpaired) electrons. The van der Waals surface area contributed by atoms with Gasteiger partial charge in [-0.3, -0.25) is 14.4 Å². The van der Waals surface area contributed by atoms with E-state index in [1.807, 2.05) is 32.9 Å². The van der Waals surface area contributed by atoms with Crippen molar-refractivity contribution < 1.29 is 15.8 Å². The number of pyridine rings is 1. The lowest BCUT2D eigenvalue weighted by atomic mass is 10.0. The monoisotopic (exact) mass is 635 g/mol. The molecule has 11 heteroatoms. The molecule has 3 atom stereocenters. The van der Waals surface area contributed by atoms with Crippen LogP contribution in [0, 0.1) is 19.3 Å². The number of likely N-dealkylation sites (tertiary alicyclic amines) is 1. The standard InChI is InChI=1S/C30H28BrClN6O3/c1-15-7-18(19-11-33-17(3)34-12-19)8-20-21(16(2)39)13-37(27(15)20)14-26(40)38-23(9-30(4)10-24(30)38)29(41)36-28-22(32)5-6-25(31)35-28/h5-8,11-13,23-24H,9-10,14H2,1-4H3,(H,35,36,41)/t23-,24+,30-/m0/s1/i24D. The maximum absolute atomic E-state index is 14.0. The first-order valence-corrected chi connectivity index (χ1v) is 14.4. The first-order valence-electron chi connectivity index (χ1n) is 13.7. The summed E-state index contributed by atoms with van der Waals surface area (Å²) in [5.41, 5.74) is 3.28. The van der Waals surface area contributed by atoms with Crippen molar-refractivity contribution in [1.29, 1.82) is 0 Å². The van der Waals surface area contributed by atoms with E-state index in [1.54, 1.807) is 35.3 Å². The number of nitrogens with zero attached hydrogens (tertiary/aromatic N) is 5. The van der Waals surface area contributed by atoms with Crippen molar-refractivity contribution in [3.05, 3.63) is 69.4 Å². The zero-order chi connectivity index (χ0) is 30.1. The average Bonchev–Trinajstić information content (AvgIpc) is 3.18. The number of aryl methyl sites for hydroxylation is 2. The Morgan fingerprint density at radius 1 is 1.17 bits per heavy atom. The lowest BCUT2D eigenvalue weighted by Crippen LogP contribution is -2.46. The van der Waals surface area contributed by atoms with Gasteiger partial charge in [0.2, 0.25) is 11.8 Å². The van der Waals surface area contributed by atoms with Crippen molar-refractivity contribution >= 4 is 61.8 Å². The summed E-state index contributed by atoms with van der Waals surface area (Å²) in [6, 6.07) is 5.11. The van der Waals surface area contributed by atoms with E-state index in [0.29, 0.717) is 34.2 Å². The summed E-state index contributed by atoms with van der Waals surface area (Å²) >= 11 is 9.53. The number of rotatable bonds is 6. The van der Waals surface area contributed by atoms with Crippen molar-refractivity contribution in [2.24, 2.45) is 5.41 Å². The Hall–Kier alpha value is -3.63. The minimum absolute atomic E-state index is 0.131. The number of aromatic nitrogens is 4. The van der Waals surface area contributed by atoms with Gasteiger partial charge in [-0.05, 0) is 90.4 Å². The third-order valence-corrected chi connectivity index (χ3v) is 8.71. The second-order valence-corrected chi connectivity index (χ2v) is 12.3. The number of amides is 2. The van der Waals surface area contributed by atoms with E-state index < -0.39 is 23.4 Å². The predicted octanol–water partition coefficient (Wildman–Crippen LogP) is 5.75. The van der Waals surface area contributed by atoms with Crippen LogP contribution in [0.1, 0.15) is 49.8 Å². The topological polar surface area (TPSA) is 110 Å². The van der Waals surface area contributed by atoms with Gasteiger partial charge in [0.05, 0.1) is 11.9 Å². The fourth-order valence-corrected chi connectivity index (χ4v) is 6.29. The summed E-state index contributed by atoms with van der Waals surface area (Å²) in [6.45, 7) is 7.03. The summed E-state index contributed by atoms with van der Waals surface area (Å²) < 4.78 is 11.4. The molecule has 4 aromatic rings. The number of piperidine rings is 1. The van der Waals surface area contributed by atoms with Gasteiger partial charge in [0, 0.05) is 41.1 Å². The second-order valence-electron chi connectivity index (χ2n) is 11.1. The molecule has 6 rings (SSSR count). The van der Waals surface area contributed by atoms with Crippen molar-refractivity contribution in [2.45, 2.75) is 59.1 Å². The number of halogens is 2. The predicted molar refractivity (Wildman–Crippen MR) is 160 cm³/mol. The maximum Gasteiger partial charge on any atom is 0.248 e. The van der Waals surface area contributed by atoms with Crippen LogP contribution in [0.3, 0.4) is 0 Å². The first kappa shape index (κ1) is 26.3. The van der Waals surface area contributed by atoms with Gasteiger partial charge >= 0.3 is 0 Å². The number of Topliss-reactive ketones (excluding diaryl/α,β-unsaturated/α-hetero) is 1. The summed E-state index contributed by atoms with van der Waals surface area (Å²) in [5.74, 6) is -0.108. The molecule has 0 spiro atoms. The molecule has 1 saturated heterocycles. The van der Waals surface area contributed by atoms with E-state index in [-0.39, 0.29) is 29.1 Å². The fraction of sp³-hybridized carbons (Fsp3) is 0.333. The van der Waals surface area contributed by atoms with Crippen molar-refractivity contribution in [2.75, 3.05) is 5.32 Å². The van der Waals surface area contributed by atoms with Crippen molar-refractivity contribution in [3.63, 3.8) is 0 Å². The largest absolute Gasteiger partial charge is 0.337 e. The maximum atomic E-state index is 14.0. The molecule has 1 aliphatic carbocycles. The molecule has 0 unspecified atom stereocenters. The average molecular weight is 637 g/mol. The number of fused-ring (bicyclic) bond motifs is 2. The van der Waals surface area contributed by atoms with Crippen LogP contribution >= 0.6 is 27.5 Å². The van der Waals surface area contributed by atoms with Crippen LogP contribution in [0.25, 0.3) is 22.0 Å². The Bertz CT molecular complexity index is 1810. The van der Waals surface area contributed by atoms with Gasteiger partial charge < -0.3 is 14.8 Å². The zero-order valence-electron chi connectivity index (χ0n) is 24.0. The Balaban J connectivity index is 1.34. The molecular weight excluding hydrogens is 608 g/mol. The van der Waals surface area contributed by atoms with Crippen molar-refractivity contribution in [3.8, 4) is 11.1 Å². The molecule has 2 aliphatic rings. The Kier molecular flexibility index (Phi) is 6.43. The molecule has 3 aromatic heterocycles. The van der Waals surface area contributed by atoms with Crippen LogP contribution in [0.5, 0.6) is 0 Å². The Morgan fingerprint density at radius 3 is 2.61 bits per heavy atom. The van der Waals surface area contributed by atoms with E-state index in [1.165, 1.54) is 11.8 Å². The molecule has 210 valence electrons. The number of carbonyl (C=O) groups excluding carboxylic acids is 3. The van der Waals surface area contributed by atoms with Crippen LogP contribution < -0.4 is 5.32 Å². The molecule has 1 aliphatic heterocycles. The zero-order valence-corrected chi connectivity index (χ0v) is 25.3. The van der Waals surface area contributed by atoms with Crippen LogP contribution in [0.2, 0.25) is 5.02 Å². The van der Waals surface area contributed by atoms with E-state index in [0.717, 1.165) is 22.2 Å². The molecule has 0 bridgehead atoms. The van der Waals surface area contributed by atoms with Gasteiger partial charge in [0.15, 0.2) is 11.6 Å². The normalized spacial score (nSPS) is 23.3. The van der Waals surface area contributed by atoms with E-state index in [4.69, 9.17) is 13.0 Å². The SMILES string of the molecule is [2H][C@@]12C[C@]1(C)C[C@@H](C(=O)Nc1nc(Br)ccc1Cl)N2C(=O)Cn1cc(C(C)=O)c2cc(-c3cnc(C)nc3)cc(C)c21. The number of ketones is 1. The minimum Gasteiger partial charge on any atom is -0.337 e. The highest BCUT2D eigenvalue weighted by atomic mass is 79.9. The van der Waals surface area contributed by atoms with E-state index >= 15 is 0 Å². The van der Waals surface area contributed by atoms with Crippen LogP contribution in [0.15, 0.2) is 47.5 Å². The van der Waals surface area contributed by atoms with Gasteiger partial charge in [-0.15, -0.1) is 0 Å². The third kappa shape index (κ3) is 4.93. The molecule has 1 aromatic carbocycles. The first-order chi connectivity index (χ1) is 19.8. The van der Waals surface area contributed by atoms with Gasteiger partial charge in [-0.2, -0.15) is 0 Å². The number of anilines is 1. The van der Waals surface area contributed by atoms with Gasteiger partial charge in [-0.1, -0.05) is 18.5 Å². The highest BCUT2D eigenvalue weighted by Gasteiger charge is 2.64. The number of nitrogens with one attached hydrogen (secondary N) is 1. The molecule has 4 heterocycles. The second kappa shape index (κ2) is 10.0. The van der Waals surface area contributed by atoms with Gasteiger partial charge in [-0.25, -0.2) is 15.0 Å². The number of carbonyl (C=O) groups is 3. The summed E-state index contributed by atoms with van der Waals surface area (Å²) in [5, 5.41) is 3.73. The van der Waals surface area contributed by atoms with Crippen LogP contribution in [-0.4, -0.2) is 54.1 Å². The molecule has 2 amide bonds. The molecule has 2 fully saturated rings. The summed E-state index contributed by atoms with van der Waals surface area (Å²) in [4.78, 5) is 54.4. The Labute approximate surface area is 251 Å². The fourth-order valence-electron chi connectivity index (χ4n) is 5.83. The van der Waals surface area contributed by atoms with Crippen molar-refractivity contribution in [1.82, 2.24) is 24.4 Å². The molecular formula is C30H28BrClN6O3. The third-order valence-electron chi connectivity index (χ3n) is 7.96. The number of hydrogen-bond donors (Lipinski definition) is 1. The van der Waals surface area contributed by atoms with Crippen LogP contribution in [-0.2, 0) is 16.1 Å². The lowest BCUT2D eigenvalue weighted by Gasteiger charge is -2.27. The lowest BCUT2D eigenvalue weighted by molar-refractivity contribution is -0.138. The smallest absolute Gasteiger partial charge is 0.248 e. The van der Waals surface area contributed by atoms with Gasteiger partial charge in [0.1, 0.15) is 23.0 Å². The highest BCUT2D eigenvalue weighted by Crippen LogP contribution is 2.59. The van der Waals surface area contributed by atoms with E-state index in [2.05, 4.69) is 36.2 Å². The minimum atomic E-state index is -1.19. The number of benzene rings is 1. The molecule has 1 saturated carbocycles. The number of hydrogen-bond acceptors (Lipinski definition) is 6. The van der Waals surface area contributed by atoms with E-state index in [9.17, 15) is 14.4 Å². The Morgan fingerprint density at radius 2 is 1.90 bits per heavy atom.